The maximum atomic E-state index is 14.6. The molecule has 1 atom stereocenters. The van der Waals surface area contributed by atoms with Crippen molar-refractivity contribution in [3.8, 4) is 22.9 Å². The highest BCUT2D eigenvalue weighted by molar-refractivity contribution is 5.97. The summed E-state index contributed by atoms with van der Waals surface area (Å²) in [6.07, 6.45) is 1.71. The van der Waals surface area contributed by atoms with E-state index in [1.54, 1.807) is 25.3 Å². The Labute approximate surface area is 228 Å². The second-order valence-electron chi connectivity index (χ2n) is 9.11. The van der Waals surface area contributed by atoms with E-state index in [9.17, 15) is 18.4 Å². The number of anilines is 1. The number of pyridine rings is 1. The average Bonchev–Trinajstić information content (AvgIpc) is 3.58. The molecule has 5 rings (SSSR count). The molecule has 0 unspecified atom stereocenters. The van der Waals surface area contributed by atoms with Gasteiger partial charge in [-0.3, -0.25) is 9.59 Å². The number of hydrogen-bond donors (Lipinski definition) is 2. The van der Waals surface area contributed by atoms with E-state index in [2.05, 4.69) is 25.7 Å². The number of rotatable bonds is 8. The van der Waals surface area contributed by atoms with E-state index in [1.165, 1.54) is 17.5 Å². The Morgan fingerprint density at radius 3 is 2.85 bits per heavy atom. The van der Waals surface area contributed by atoms with Crippen LogP contribution in [-0.2, 0) is 16.1 Å². The van der Waals surface area contributed by atoms with E-state index in [0.717, 1.165) is 12.1 Å². The number of carbonyl (C=O) groups is 2. The monoisotopic (exact) mass is 553 g/mol. The van der Waals surface area contributed by atoms with Gasteiger partial charge in [0.1, 0.15) is 17.5 Å². The van der Waals surface area contributed by atoms with Crippen molar-refractivity contribution in [2.24, 2.45) is 0 Å². The van der Waals surface area contributed by atoms with Crippen molar-refractivity contribution >= 4 is 23.3 Å². The molecule has 1 aliphatic rings. The smallest absolute Gasteiger partial charge is 0.257 e. The molecule has 4 heterocycles. The van der Waals surface area contributed by atoms with Gasteiger partial charge in [-0.05, 0) is 31.2 Å². The predicted octanol–water partition coefficient (Wildman–Crippen LogP) is 3.44. The number of amides is 2. The molecule has 0 radical (unpaired) electrons. The molecule has 40 heavy (non-hydrogen) atoms. The Balaban J connectivity index is 1.43. The minimum atomic E-state index is -0.888. The molecule has 3 aromatic heterocycles. The van der Waals surface area contributed by atoms with Gasteiger partial charge in [0, 0.05) is 37.1 Å². The summed E-state index contributed by atoms with van der Waals surface area (Å²) >= 11 is 0. The first kappa shape index (κ1) is 25.6. The van der Waals surface area contributed by atoms with Gasteiger partial charge < -0.3 is 24.8 Å². The highest BCUT2D eigenvalue weighted by Crippen LogP contribution is 2.29. The number of nitrogens with zero attached hydrogens (tertiary/aromatic N) is 4. The summed E-state index contributed by atoms with van der Waals surface area (Å²) in [5, 5.41) is 9.77. The number of carbonyl (C=O) groups excluding carboxylic acids is 2. The van der Waals surface area contributed by atoms with Crippen molar-refractivity contribution in [1.29, 1.82) is 0 Å². The maximum Gasteiger partial charge on any atom is 0.257 e. The Hall–Kier alpha value is -4.65. The number of halogens is 2. The Bertz CT molecular complexity index is 1630. The molecule has 0 saturated carbocycles. The molecule has 1 fully saturated rings. The van der Waals surface area contributed by atoms with Crippen LogP contribution in [0.3, 0.4) is 0 Å². The first-order valence-electron chi connectivity index (χ1n) is 13.0. The molecule has 1 aromatic carbocycles. The number of aromatic nitrogens is 4. The summed E-state index contributed by atoms with van der Waals surface area (Å²) in [4.78, 5) is 33.4. The number of hydrogen-bond acceptors (Lipinski definition) is 8. The first-order valence-corrected chi connectivity index (χ1v) is 12.3. The molecule has 0 spiro atoms. The normalized spacial score (nSPS) is 15.1. The quantitative estimate of drug-likeness (QED) is 0.340. The number of benzene rings is 1. The van der Waals surface area contributed by atoms with Gasteiger partial charge in [0.05, 0.1) is 39.3 Å². The molecule has 0 aliphatic carbocycles. The van der Waals surface area contributed by atoms with Gasteiger partial charge in [0.2, 0.25) is 11.8 Å². The van der Waals surface area contributed by atoms with Gasteiger partial charge in [0.15, 0.2) is 23.0 Å². The molecule has 4 aromatic rings. The highest BCUT2D eigenvalue weighted by Gasteiger charge is 2.23. The van der Waals surface area contributed by atoms with Crippen LogP contribution in [0.5, 0.6) is 11.6 Å². The van der Waals surface area contributed by atoms with Crippen molar-refractivity contribution in [2.75, 3.05) is 25.6 Å². The van der Waals surface area contributed by atoms with Crippen LogP contribution in [-0.4, -0.2) is 57.8 Å². The summed E-state index contributed by atoms with van der Waals surface area (Å²) < 4.78 is 53.9. The van der Waals surface area contributed by atoms with Gasteiger partial charge in [-0.1, -0.05) is 0 Å². The van der Waals surface area contributed by atoms with Gasteiger partial charge in [-0.2, -0.15) is 5.10 Å². The number of nitrogens with one attached hydrogen (secondary N) is 2. The van der Waals surface area contributed by atoms with Crippen molar-refractivity contribution in [3.05, 3.63) is 65.0 Å². The van der Waals surface area contributed by atoms with Crippen molar-refractivity contribution in [1.82, 2.24) is 24.9 Å². The zero-order chi connectivity index (χ0) is 29.1. The van der Waals surface area contributed by atoms with Crippen LogP contribution in [0.2, 0.25) is 0 Å². The van der Waals surface area contributed by atoms with Gasteiger partial charge in [-0.15, -0.1) is 0 Å². The number of methoxy groups -OCH3 is 1. The highest BCUT2D eigenvalue weighted by atomic mass is 19.1. The number of ether oxygens (including phenoxy) is 3. The zero-order valence-electron chi connectivity index (χ0n) is 22.7. The summed E-state index contributed by atoms with van der Waals surface area (Å²) in [7, 11) is -0.492. The molecule has 2 amide bonds. The SMILES string of the molecule is [2H]COc1nc(C)c(-c2ccc3nc(NC(C)=O)cn3n2)cc1C(=O)NCc1cc(F)cc(F)c1O[C@H]1CCOC1. The summed E-state index contributed by atoms with van der Waals surface area (Å²) in [5.74, 6) is -2.55. The van der Waals surface area contributed by atoms with Crippen LogP contribution in [0.15, 0.2) is 36.5 Å². The third-order valence-corrected chi connectivity index (χ3v) is 6.16. The van der Waals surface area contributed by atoms with Crippen LogP contribution in [0, 0.1) is 18.6 Å². The summed E-state index contributed by atoms with van der Waals surface area (Å²) in [6, 6.07) is 6.70. The summed E-state index contributed by atoms with van der Waals surface area (Å²) in [5.41, 5.74) is 2.00. The van der Waals surface area contributed by atoms with Gasteiger partial charge in [-0.25, -0.2) is 23.3 Å². The minimum Gasteiger partial charge on any atom is -0.484 e. The van der Waals surface area contributed by atoms with Crippen LogP contribution in [0.4, 0.5) is 14.6 Å². The molecule has 208 valence electrons. The lowest BCUT2D eigenvalue weighted by molar-refractivity contribution is -0.114. The van der Waals surface area contributed by atoms with E-state index < -0.39 is 24.6 Å². The standard InChI is InChI=1S/C27H26F2N6O5/c1-14-19(22-4-5-24-33-23(32-15(2)36)12-35(24)34-22)10-20(27(31-14)38-3)26(37)30-11-16-8-17(28)9-21(29)25(16)40-18-6-7-39-13-18/h4-5,8-10,12,18H,6-7,11,13H2,1-3H3,(H,30,37)(H,32,36)/t18-/m0/s1/i3D. The fourth-order valence-corrected chi connectivity index (χ4v) is 4.30. The number of fused-ring (bicyclic) bond motifs is 1. The van der Waals surface area contributed by atoms with E-state index >= 15 is 0 Å². The zero-order valence-corrected chi connectivity index (χ0v) is 21.7. The fraction of sp³-hybridized carbons (Fsp3) is 0.296. The lowest BCUT2D eigenvalue weighted by Crippen LogP contribution is -2.25. The Morgan fingerprint density at radius 2 is 2.10 bits per heavy atom. The molecule has 13 heteroatoms. The first-order chi connectivity index (χ1) is 19.7. The molecule has 11 nitrogen and oxygen atoms in total. The predicted molar refractivity (Wildman–Crippen MR) is 139 cm³/mol. The van der Waals surface area contributed by atoms with Crippen LogP contribution in [0.1, 0.15) is 36.3 Å². The average molecular weight is 554 g/mol. The van der Waals surface area contributed by atoms with Gasteiger partial charge >= 0.3 is 0 Å². The topological polar surface area (TPSA) is 129 Å². The lowest BCUT2D eigenvalue weighted by Gasteiger charge is -2.17. The second-order valence-corrected chi connectivity index (χ2v) is 9.11. The molecular weight excluding hydrogens is 526 g/mol. The maximum absolute atomic E-state index is 14.6. The molecule has 1 saturated heterocycles. The minimum absolute atomic E-state index is 0.00662. The van der Waals surface area contributed by atoms with Gasteiger partial charge in [0.25, 0.3) is 5.91 Å². The lowest BCUT2D eigenvalue weighted by atomic mass is 10.1. The molecule has 2 N–H and O–H groups in total. The second kappa shape index (κ2) is 11.2. The van der Waals surface area contributed by atoms with E-state index in [0.29, 0.717) is 41.4 Å². The van der Waals surface area contributed by atoms with Crippen LogP contribution < -0.4 is 20.1 Å². The molecular formula is C27H26F2N6O5. The summed E-state index contributed by atoms with van der Waals surface area (Å²) in [6.45, 7) is 3.56. The largest absolute Gasteiger partial charge is 0.484 e. The number of aryl methyl sites for hydroxylation is 1. The van der Waals surface area contributed by atoms with Crippen molar-refractivity contribution in [2.45, 2.75) is 32.9 Å². The molecule has 0 bridgehead atoms. The molecule has 1 aliphatic heterocycles. The van der Waals surface area contributed by atoms with Crippen LogP contribution in [0.25, 0.3) is 16.9 Å². The van der Waals surface area contributed by atoms with E-state index in [1.807, 2.05) is 0 Å². The Morgan fingerprint density at radius 1 is 1.25 bits per heavy atom. The third kappa shape index (κ3) is 5.69. The Kier molecular flexibility index (Phi) is 7.19. The number of imidazole rings is 1. The fourth-order valence-electron chi connectivity index (χ4n) is 4.30. The van der Waals surface area contributed by atoms with Crippen molar-refractivity contribution in [3.63, 3.8) is 0 Å². The van der Waals surface area contributed by atoms with Crippen molar-refractivity contribution < 1.29 is 34.0 Å². The van der Waals surface area contributed by atoms with E-state index in [-0.39, 0.29) is 47.9 Å². The third-order valence-electron chi connectivity index (χ3n) is 6.16. The van der Waals surface area contributed by atoms with E-state index in [4.69, 9.17) is 15.6 Å². The van der Waals surface area contributed by atoms with Crippen LogP contribution >= 0.6 is 0 Å².